The molecule has 0 aliphatic carbocycles. The Hall–Kier alpha value is -0.390. The van der Waals surface area contributed by atoms with Crippen LogP contribution in [0.2, 0.25) is 0 Å². The minimum atomic E-state index is 0.00502. The predicted octanol–water partition coefficient (Wildman–Crippen LogP) is 1.78. The van der Waals surface area contributed by atoms with Gasteiger partial charge in [0.2, 0.25) is 0 Å². The number of hydrogen-bond donors (Lipinski definition) is 1. The Morgan fingerprint density at radius 2 is 2.06 bits per heavy atom. The van der Waals surface area contributed by atoms with Crippen LogP contribution >= 0.6 is 15.9 Å². The molecule has 1 unspecified atom stereocenters. The fourth-order valence-corrected chi connectivity index (χ4v) is 2.40. The number of likely N-dealkylation sites (N-methyl/N-ethyl adjacent to an activating group) is 2. The predicted molar refractivity (Wildman–Crippen MR) is 70.5 cm³/mol. The van der Waals surface area contributed by atoms with Gasteiger partial charge in [-0.05, 0) is 50.9 Å². The lowest BCUT2D eigenvalue weighted by atomic mass is 9.90. The fraction of sp³-hybridized carbons (Fsp3) is 0.727. The second-order valence-electron chi connectivity index (χ2n) is 4.77. The average molecular weight is 289 g/mol. The van der Waals surface area contributed by atoms with E-state index < -0.39 is 0 Å². The SMILES string of the molecule is CNC(c1c(Br)cnn1C)C(C)(C)N(C)C. The number of aromatic nitrogens is 2. The quantitative estimate of drug-likeness (QED) is 0.917. The molecular formula is C11H21BrN4. The lowest BCUT2D eigenvalue weighted by Crippen LogP contribution is -2.49. The standard InChI is InChI=1S/C11H21BrN4/c1-11(2,15(4)5)10(13-3)9-8(12)7-14-16(9)6/h7,10,13H,1-6H3. The number of rotatable bonds is 4. The molecule has 5 heteroatoms. The highest BCUT2D eigenvalue weighted by Gasteiger charge is 2.34. The molecule has 92 valence electrons. The largest absolute Gasteiger partial charge is 0.310 e. The number of halogens is 1. The minimum Gasteiger partial charge on any atom is -0.310 e. The Morgan fingerprint density at radius 1 is 1.50 bits per heavy atom. The molecule has 16 heavy (non-hydrogen) atoms. The zero-order chi connectivity index (χ0) is 12.5. The monoisotopic (exact) mass is 288 g/mol. The van der Waals surface area contributed by atoms with Gasteiger partial charge in [0.25, 0.3) is 0 Å². The van der Waals surface area contributed by atoms with E-state index in [0.717, 1.165) is 4.47 Å². The molecule has 0 bridgehead atoms. The van der Waals surface area contributed by atoms with Gasteiger partial charge in [-0.25, -0.2) is 0 Å². The Bertz CT molecular complexity index is 337. The van der Waals surface area contributed by atoms with Crippen LogP contribution in [0.4, 0.5) is 0 Å². The Morgan fingerprint density at radius 3 is 2.38 bits per heavy atom. The topological polar surface area (TPSA) is 33.1 Å². The van der Waals surface area contributed by atoms with Crippen molar-refractivity contribution in [3.8, 4) is 0 Å². The van der Waals surface area contributed by atoms with E-state index in [4.69, 9.17) is 0 Å². The van der Waals surface area contributed by atoms with Gasteiger partial charge in [0.1, 0.15) is 0 Å². The third-order valence-corrected chi connectivity index (χ3v) is 3.97. The lowest BCUT2D eigenvalue weighted by molar-refractivity contribution is 0.138. The van der Waals surface area contributed by atoms with Crippen molar-refractivity contribution in [2.45, 2.75) is 25.4 Å². The molecule has 1 aromatic heterocycles. The molecule has 0 aliphatic rings. The molecule has 1 heterocycles. The first-order valence-electron chi connectivity index (χ1n) is 5.34. The molecule has 0 fully saturated rings. The van der Waals surface area contributed by atoms with Crippen LogP contribution in [-0.2, 0) is 7.05 Å². The summed E-state index contributed by atoms with van der Waals surface area (Å²) in [6.45, 7) is 4.43. The summed E-state index contributed by atoms with van der Waals surface area (Å²) in [5.74, 6) is 0. The average Bonchev–Trinajstić information content (AvgIpc) is 2.50. The van der Waals surface area contributed by atoms with Gasteiger partial charge in [0.05, 0.1) is 22.4 Å². The zero-order valence-corrected chi connectivity index (χ0v) is 12.5. The highest BCUT2D eigenvalue weighted by Crippen LogP contribution is 2.32. The van der Waals surface area contributed by atoms with Crippen molar-refractivity contribution in [2.75, 3.05) is 21.1 Å². The molecule has 0 aromatic carbocycles. The van der Waals surface area contributed by atoms with E-state index >= 15 is 0 Å². The molecule has 0 saturated heterocycles. The van der Waals surface area contributed by atoms with Crippen molar-refractivity contribution in [2.24, 2.45) is 7.05 Å². The summed E-state index contributed by atoms with van der Waals surface area (Å²) in [4.78, 5) is 2.22. The number of aryl methyl sites for hydroxylation is 1. The molecule has 1 N–H and O–H groups in total. The highest BCUT2D eigenvalue weighted by molar-refractivity contribution is 9.10. The minimum absolute atomic E-state index is 0.00502. The van der Waals surface area contributed by atoms with Gasteiger partial charge in [0.15, 0.2) is 0 Å². The molecule has 0 spiro atoms. The molecule has 1 atom stereocenters. The van der Waals surface area contributed by atoms with Crippen LogP contribution in [0, 0.1) is 0 Å². The Kier molecular flexibility index (Phi) is 4.15. The summed E-state index contributed by atoms with van der Waals surface area (Å²) in [6.07, 6.45) is 1.84. The van der Waals surface area contributed by atoms with Gasteiger partial charge in [-0.1, -0.05) is 0 Å². The van der Waals surface area contributed by atoms with E-state index in [1.807, 2.05) is 25.0 Å². The van der Waals surface area contributed by atoms with Crippen molar-refractivity contribution in [1.29, 1.82) is 0 Å². The summed E-state index contributed by atoms with van der Waals surface area (Å²) < 4.78 is 2.96. The van der Waals surface area contributed by atoms with Gasteiger partial charge in [-0.3, -0.25) is 4.68 Å². The zero-order valence-electron chi connectivity index (χ0n) is 10.9. The van der Waals surface area contributed by atoms with Crippen molar-refractivity contribution in [3.05, 3.63) is 16.4 Å². The Balaban J connectivity index is 3.18. The molecule has 1 aromatic rings. The molecular weight excluding hydrogens is 268 g/mol. The highest BCUT2D eigenvalue weighted by atomic mass is 79.9. The molecule has 0 saturated carbocycles. The number of nitrogens with zero attached hydrogens (tertiary/aromatic N) is 3. The maximum atomic E-state index is 4.27. The van der Waals surface area contributed by atoms with Crippen LogP contribution in [0.5, 0.6) is 0 Å². The van der Waals surface area contributed by atoms with Gasteiger partial charge in [-0.15, -0.1) is 0 Å². The maximum Gasteiger partial charge on any atom is 0.0711 e. The van der Waals surface area contributed by atoms with Crippen LogP contribution in [0.25, 0.3) is 0 Å². The smallest absolute Gasteiger partial charge is 0.0711 e. The second kappa shape index (κ2) is 4.85. The third kappa shape index (κ3) is 2.31. The summed E-state index contributed by atoms with van der Waals surface area (Å²) in [5.41, 5.74) is 1.17. The van der Waals surface area contributed by atoms with E-state index in [1.165, 1.54) is 5.69 Å². The van der Waals surface area contributed by atoms with Gasteiger partial charge < -0.3 is 10.2 Å². The van der Waals surface area contributed by atoms with E-state index in [9.17, 15) is 0 Å². The fourth-order valence-electron chi connectivity index (χ4n) is 1.83. The normalized spacial score (nSPS) is 14.5. The van der Waals surface area contributed by atoms with Crippen molar-refractivity contribution in [3.63, 3.8) is 0 Å². The van der Waals surface area contributed by atoms with Crippen molar-refractivity contribution < 1.29 is 0 Å². The first-order chi connectivity index (χ1) is 7.32. The summed E-state index contributed by atoms with van der Waals surface area (Å²) in [7, 11) is 8.13. The maximum absolute atomic E-state index is 4.27. The number of hydrogen-bond acceptors (Lipinski definition) is 3. The summed E-state index contributed by atoms with van der Waals surface area (Å²) in [6, 6.07) is 0.212. The van der Waals surface area contributed by atoms with E-state index in [0.29, 0.717) is 0 Å². The Labute approximate surface area is 106 Å². The molecule has 4 nitrogen and oxygen atoms in total. The van der Waals surface area contributed by atoms with Gasteiger partial charge in [0, 0.05) is 12.6 Å². The van der Waals surface area contributed by atoms with Gasteiger partial charge in [-0.2, -0.15) is 5.10 Å². The van der Waals surface area contributed by atoms with Crippen molar-refractivity contribution in [1.82, 2.24) is 20.0 Å². The van der Waals surface area contributed by atoms with Crippen LogP contribution in [-0.4, -0.2) is 41.4 Å². The molecule has 1 rings (SSSR count). The van der Waals surface area contributed by atoms with Crippen LogP contribution in [0.3, 0.4) is 0 Å². The number of nitrogens with one attached hydrogen (secondary N) is 1. The lowest BCUT2D eigenvalue weighted by Gasteiger charge is -2.40. The molecule has 0 amide bonds. The van der Waals surface area contributed by atoms with Crippen LogP contribution in [0.15, 0.2) is 10.7 Å². The van der Waals surface area contributed by atoms with Crippen LogP contribution < -0.4 is 5.32 Å². The first-order valence-corrected chi connectivity index (χ1v) is 6.13. The second-order valence-corrected chi connectivity index (χ2v) is 5.63. The summed E-state index contributed by atoms with van der Waals surface area (Å²) >= 11 is 3.56. The van der Waals surface area contributed by atoms with Crippen LogP contribution in [0.1, 0.15) is 25.6 Å². The molecule has 0 radical (unpaired) electrons. The van der Waals surface area contributed by atoms with E-state index in [1.54, 1.807) is 0 Å². The summed E-state index contributed by atoms with van der Waals surface area (Å²) in [5, 5.41) is 7.64. The van der Waals surface area contributed by atoms with Gasteiger partial charge >= 0.3 is 0 Å². The first kappa shape index (κ1) is 13.7. The third-order valence-electron chi connectivity index (χ3n) is 3.36. The van der Waals surface area contributed by atoms with E-state index in [2.05, 4.69) is 59.2 Å². The van der Waals surface area contributed by atoms with Crippen molar-refractivity contribution >= 4 is 15.9 Å². The van der Waals surface area contributed by atoms with E-state index in [-0.39, 0.29) is 11.6 Å². The molecule has 0 aliphatic heterocycles.